The Morgan fingerprint density at radius 2 is 2.24 bits per heavy atom. The van der Waals surface area contributed by atoms with Crippen LogP contribution < -0.4 is 5.32 Å². The van der Waals surface area contributed by atoms with E-state index in [1.54, 1.807) is 12.4 Å². The van der Waals surface area contributed by atoms with E-state index in [1.165, 1.54) is 30.6 Å². The first-order valence-electron chi connectivity index (χ1n) is 6.27. The fraction of sp³-hybridized carbons (Fsp3) is 0.667. The molecule has 0 aromatic carbocycles. The fourth-order valence-electron chi connectivity index (χ4n) is 2.88. The first-order valence-corrected chi connectivity index (χ1v) is 6.27. The zero-order valence-electron chi connectivity index (χ0n) is 10.1. The molecule has 1 aromatic rings. The zero-order chi connectivity index (χ0) is 11.8. The number of nitrogens with one attached hydrogen (secondary N) is 1. The van der Waals surface area contributed by atoms with Gasteiger partial charge in [0.1, 0.15) is 0 Å². The number of hydrogen-bond donors (Lipinski definition) is 1. The van der Waals surface area contributed by atoms with E-state index < -0.39 is 0 Å². The molecule has 5 nitrogen and oxygen atoms in total. The highest BCUT2D eigenvalue weighted by molar-refractivity contribution is 5.76. The molecule has 1 aromatic heterocycles. The lowest BCUT2D eigenvalue weighted by Crippen LogP contribution is -2.57. The van der Waals surface area contributed by atoms with Crippen LogP contribution in [0.25, 0.3) is 0 Å². The Hall–Kier alpha value is -1.36. The first-order chi connectivity index (χ1) is 8.22. The van der Waals surface area contributed by atoms with Gasteiger partial charge in [0.05, 0.1) is 6.20 Å². The number of hydrogen-bond acceptors (Lipinski definition) is 3. The van der Waals surface area contributed by atoms with Crippen molar-refractivity contribution in [3.63, 3.8) is 0 Å². The Kier molecular flexibility index (Phi) is 2.63. The minimum atomic E-state index is -0.100. The van der Waals surface area contributed by atoms with Crippen LogP contribution in [0, 0.1) is 12.8 Å². The topological polar surface area (TPSA) is 50.2 Å². The Morgan fingerprint density at radius 1 is 1.47 bits per heavy atom. The largest absolute Gasteiger partial charge is 0.342 e. The molecule has 3 fully saturated rings. The van der Waals surface area contributed by atoms with E-state index in [0.29, 0.717) is 12.0 Å². The number of aryl methyl sites for hydroxylation is 1. The Balaban J connectivity index is 1.65. The molecule has 5 heteroatoms. The number of rotatable bonds is 1. The van der Waals surface area contributed by atoms with E-state index in [9.17, 15) is 4.79 Å². The molecule has 0 aliphatic carbocycles. The van der Waals surface area contributed by atoms with Crippen LogP contribution in [0.3, 0.4) is 0 Å². The predicted octanol–water partition coefficient (Wildman–Crippen LogP) is 0.843. The van der Waals surface area contributed by atoms with Crippen molar-refractivity contribution in [3.8, 4) is 0 Å². The summed E-state index contributed by atoms with van der Waals surface area (Å²) >= 11 is 0. The number of amides is 1. The molecule has 1 atom stereocenters. The highest BCUT2D eigenvalue weighted by Crippen LogP contribution is 2.27. The summed E-state index contributed by atoms with van der Waals surface area (Å²) in [5, 5.41) is 7.13. The van der Waals surface area contributed by atoms with Crippen LogP contribution in [0.2, 0.25) is 0 Å². The summed E-state index contributed by atoms with van der Waals surface area (Å²) in [6.45, 7) is 5.32. The van der Waals surface area contributed by atoms with Crippen molar-refractivity contribution < 1.29 is 4.79 Å². The molecule has 3 saturated heterocycles. The molecular formula is C12H18N4O. The monoisotopic (exact) mass is 234 g/mol. The molecule has 0 radical (unpaired) electrons. The van der Waals surface area contributed by atoms with Crippen molar-refractivity contribution in [1.29, 1.82) is 0 Å². The van der Waals surface area contributed by atoms with E-state index in [2.05, 4.69) is 15.3 Å². The third-order valence-electron chi connectivity index (χ3n) is 3.88. The minimum absolute atomic E-state index is 0.100. The van der Waals surface area contributed by atoms with Gasteiger partial charge in [0.2, 0.25) is 0 Å². The zero-order valence-corrected chi connectivity index (χ0v) is 10.1. The number of carbonyl (C=O) groups excluding carboxylic acids is 1. The number of nitrogens with zero attached hydrogens (tertiary/aromatic N) is 3. The van der Waals surface area contributed by atoms with E-state index in [-0.39, 0.29) is 6.03 Å². The number of aromatic nitrogens is 2. The van der Waals surface area contributed by atoms with Gasteiger partial charge in [-0.1, -0.05) is 0 Å². The number of carbonyl (C=O) groups is 1. The van der Waals surface area contributed by atoms with E-state index in [1.807, 2.05) is 6.92 Å². The van der Waals surface area contributed by atoms with Crippen molar-refractivity contribution in [3.05, 3.63) is 18.0 Å². The molecule has 0 spiro atoms. The van der Waals surface area contributed by atoms with Gasteiger partial charge in [0.15, 0.2) is 0 Å². The molecule has 0 saturated carbocycles. The van der Waals surface area contributed by atoms with Crippen molar-refractivity contribution >= 4 is 6.03 Å². The van der Waals surface area contributed by atoms with Crippen LogP contribution in [-0.4, -0.2) is 46.4 Å². The fourth-order valence-corrected chi connectivity index (χ4v) is 2.88. The second-order valence-corrected chi connectivity index (χ2v) is 5.16. The molecule has 0 unspecified atom stereocenters. The maximum atomic E-state index is 12.0. The lowest BCUT2D eigenvalue weighted by Gasteiger charge is -2.44. The number of piperidine rings is 3. The third-order valence-corrected chi connectivity index (χ3v) is 3.88. The molecule has 4 heterocycles. The van der Waals surface area contributed by atoms with E-state index >= 15 is 0 Å². The van der Waals surface area contributed by atoms with Gasteiger partial charge in [-0.2, -0.15) is 9.78 Å². The molecule has 2 bridgehead atoms. The quantitative estimate of drug-likeness (QED) is 0.783. The summed E-state index contributed by atoms with van der Waals surface area (Å²) in [7, 11) is 0. The van der Waals surface area contributed by atoms with Crippen LogP contribution >= 0.6 is 0 Å². The van der Waals surface area contributed by atoms with Crippen molar-refractivity contribution in [1.82, 2.24) is 20.0 Å². The highest BCUT2D eigenvalue weighted by atomic mass is 16.2. The van der Waals surface area contributed by atoms with Gasteiger partial charge in [-0.25, -0.2) is 4.79 Å². The second-order valence-electron chi connectivity index (χ2n) is 5.16. The molecular weight excluding hydrogens is 216 g/mol. The van der Waals surface area contributed by atoms with Gasteiger partial charge >= 0.3 is 6.03 Å². The summed E-state index contributed by atoms with van der Waals surface area (Å²) in [5.41, 5.74) is 1.01. The summed E-state index contributed by atoms with van der Waals surface area (Å²) in [6.07, 6.45) is 5.89. The standard InChI is InChI=1S/C12H18N4O/c1-9-6-13-16(7-9)12(17)14-11-8-15-4-2-10(11)3-5-15/h6-7,10-11H,2-5,8H2,1H3,(H,14,17)/t11-/m0/s1. The SMILES string of the molecule is Cc1cnn(C(=O)N[C@H]2CN3CCC2CC3)c1. The Bertz CT molecular complexity index is 420. The molecule has 92 valence electrons. The maximum Gasteiger partial charge on any atom is 0.342 e. The predicted molar refractivity (Wildman–Crippen MR) is 63.8 cm³/mol. The minimum Gasteiger partial charge on any atom is -0.332 e. The van der Waals surface area contributed by atoms with Crippen molar-refractivity contribution in [2.45, 2.75) is 25.8 Å². The average molecular weight is 234 g/mol. The van der Waals surface area contributed by atoms with E-state index in [0.717, 1.165) is 12.1 Å². The van der Waals surface area contributed by atoms with Crippen LogP contribution in [0.15, 0.2) is 12.4 Å². The molecule has 1 amide bonds. The molecule has 3 aliphatic rings. The molecule has 17 heavy (non-hydrogen) atoms. The van der Waals surface area contributed by atoms with Gasteiger partial charge < -0.3 is 10.2 Å². The first kappa shape index (κ1) is 10.8. The lowest BCUT2D eigenvalue weighted by molar-refractivity contribution is 0.0765. The molecule has 1 N–H and O–H groups in total. The van der Waals surface area contributed by atoms with Gasteiger partial charge in [-0.3, -0.25) is 0 Å². The highest BCUT2D eigenvalue weighted by Gasteiger charge is 2.35. The summed E-state index contributed by atoms with van der Waals surface area (Å²) in [6, 6.07) is 0.200. The van der Waals surface area contributed by atoms with Gasteiger partial charge in [0.25, 0.3) is 0 Å². The maximum absolute atomic E-state index is 12.0. The average Bonchev–Trinajstić information content (AvgIpc) is 2.77. The lowest BCUT2D eigenvalue weighted by atomic mass is 9.84. The van der Waals surface area contributed by atoms with Gasteiger partial charge in [-0.15, -0.1) is 0 Å². The van der Waals surface area contributed by atoms with Gasteiger partial charge in [-0.05, 0) is 44.3 Å². The summed E-state index contributed by atoms with van der Waals surface area (Å²) < 4.78 is 1.40. The second kappa shape index (κ2) is 4.14. The molecule has 3 aliphatic heterocycles. The Morgan fingerprint density at radius 3 is 2.76 bits per heavy atom. The van der Waals surface area contributed by atoms with E-state index in [4.69, 9.17) is 0 Å². The smallest absolute Gasteiger partial charge is 0.332 e. The molecule has 4 rings (SSSR count). The van der Waals surface area contributed by atoms with Crippen LogP contribution in [-0.2, 0) is 0 Å². The number of fused-ring (bicyclic) bond motifs is 3. The van der Waals surface area contributed by atoms with Gasteiger partial charge in [0, 0.05) is 18.8 Å². The summed E-state index contributed by atoms with van der Waals surface area (Å²) in [5.74, 6) is 0.653. The normalized spacial score (nSPS) is 31.5. The van der Waals surface area contributed by atoms with Crippen LogP contribution in [0.4, 0.5) is 4.79 Å². The third kappa shape index (κ3) is 2.07. The van der Waals surface area contributed by atoms with Crippen LogP contribution in [0.5, 0.6) is 0 Å². The van der Waals surface area contributed by atoms with Crippen molar-refractivity contribution in [2.24, 2.45) is 5.92 Å². The van der Waals surface area contributed by atoms with Crippen molar-refractivity contribution in [2.75, 3.05) is 19.6 Å². The Labute approximate surface area is 101 Å². The summed E-state index contributed by atoms with van der Waals surface area (Å²) in [4.78, 5) is 14.4. The van der Waals surface area contributed by atoms with Crippen LogP contribution in [0.1, 0.15) is 18.4 Å².